The fraction of sp³-hybridized carbons (Fsp3) is 0.368. The number of carbonyl (C=O) groups is 1. The summed E-state index contributed by atoms with van der Waals surface area (Å²) >= 11 is 6.54. The second-order valence-electron chi connectivity index (χ2n) is 6.49. The second kappa shape index (κ2) is 7.71. The number of nitrogens with zero attached hydrogens (tertiary/aromatic N) is 4. The van der Waals surface area contributed by atoms with Gasteiger partial charge in [0, 0.05) is 32.2 Å². The Morgan fingerprint density at radius 3 is 2.59 bits per heavy atom. The molecule has 3 rings (SSSR count). The number of amides is 1. The maximum absolute atomic E-state index is 12.7. The fourth-order valence-corrected chi connectivity index (χ4v) is 4.70. The van der Waals surface area contributed by atoms with Crippen LogP contribution in [0.15, 0.2) is 22.4 Å². The largest absolute Gasteiger partial charge is 0.357 e. The Labute approximate surface area is 167 Å². The van der Waals surface area contributed by atoms with Crippen LogP contribution in [0, 0.1) is 18.3 Å². The van der Waals surface area contributed by atoms with Crippen LogP contribution in [0.2, 0.25) is 0 Å². The van der Waals surface area contributed by atoms with E-state index in [1.54, 1.807) is 26.1 Å². The highest BCUT2D eigenvalue weighted by Gasteiger charge is 2.32. The third kappa shape index (κ3) is 3.33. The third-order valence-corrected chi connectivity index (χ3v) is 6.21. The Bertz CT molecular complexity index is 965. The number of thioether (sulfide) groups is 1. The van der Waals surface area contributed by atoms with Crippen molar-refractivity contribution in [3.8, 4) is 6.07 Å². The smallest absolute Gasteiger partial charge is 0.270 e. The minimum absolute atomic E-state index is 0.105. The fourth-order valence-electron chi connectivity index (χ4n) is 3.44. The van der Waals surface area contributed by atoms with E-state index >= 15 is 0 Å². The van der Waals surface area contributed by atoms with Gasteiger partial charge in [0.2, 0.25) is 0 Å². The molecule has 8 heteroatoms. The maximum atomic E-state index is 12.7. The maximum Gasteiger partial charge on any atom is 0.270 e. The van der Waals surface area contributed by atoms with Crippen molar-refractivity contribution in [3.05, 3.63) is 44.6 Å². The molecule has 0 saturated carbocycles. The van der Waals surface area contributed by atoms with Crippen molar-refractivity contribution >= 4 is 46.1 Å². The first-order valence-corrected chi connectivity index (χ1v) is 9.88. The first-order chi connectivity index (χ1) is 12.9. The third-order valence-electron chi connectivity index (χ3n) is 4.83. The summed E-state index contributed by atoms with van der Waals surface area (Å²) in [5.74, 6) is 0.576. The highest BCUT2D eigenvalue weighted by Crippen LogP contribution is 2.36. The molecule has 2 saturated heterocycles. The standard InChI is InChI=1S/C19H20N4O2S2/c1-4-7-23-18(25)15(27-19(23)26)10-13-12(2)14(11-20)17(24)21(3)16(13)22-8-5-6-9-22/h4,10H,1,5-9H2,2-3H3/b15-10-. The average molecular weight is 401 g/mol. The van der Waals surface area contributed by atoms with Gasteiger partial charge < -0.3 is 4.90 Å². The SMILES string of the molecule is C=CCN1C(=O)/C(=C/c2c(C)c(C#N)c(=O)n(C)c2N2CCCC2)SC1=S. The molecule has 27 heavy (non-hydrogen) atoms. The number of hydrogen-bond acceptors (Lipinski definition) is 6. The lowest BCUT2D eigenvalue weighted by molar-refractivity contribution is -0.121. The van der Waals surface area contributed by atoms with E-state index in [2.05, 4.69) is 11.5 Å². The summed E-state index contributed by atoms with van der Waals surface area (Å²) in [5, 5.41) is 9.46. The monoisotopic (exact) mass is 400 g/mol. The van der Waals surface area contributed by atoms with Gasteiger partial charge in [0.25, 0.3) is 11.5 Å². The summed E-state index contributed by atoms with van der Waals surface area (Å²) < 4.78 is 2.00. The van der Waals surface area contributed by atoms with Gasteiger partial charge in [0.05, 0.1) is 4.91 Å². The van der Waals surface area contributed by atoms with E-state index in [0.29, 0.717) is 21.3 Å². The van der Waals surface area contributed by atoms with Crippen LogP contribution in [0.3, 0.4) is 0 Å². The molecule has 2 fully saturated rings. The summed E-state index contributed by atoms with van der Waals surface area (Å²) in [6.45, 7) is 7.47. The average Bonchev–Trinajstić information content (AvgIpc) is 3.25. The highest BCUT2D eigenvalue weighted by molar-refractivity contribution is 8.26. The Balaban J connectivity index is 2.20. The zero-order chi connectivity index (χ0) is 19.7. The molecule has 2 aliphatic heterocycles. The van der Waals surface area contributed by atoms with E-state index in [4.69, 9.17) is 12.2 Å². The van der Waals surface area contributed by atoms with E-state index in [1.807, 2.05) is 6.07 Å². The predicted molar refractivity (Wildman–Crippen MR) is 113 cm³/mol. The number of carbonyl (C=O) groups excluding carboxylic acids is 1. The molecule has 0 radical (unpaired) electrons. The molecule has 0 atom stereocenters. The van der Waals surface area contributed by atoms with Crippen LogP contribution in [-0.4, -0.2) is 39.3 Å². The van der Waals surface area contributed by atoms with E-state index in [1.165, 1.54) is 21.2 Å². The van der Waals surface area contributed by atoms with Gasteiger partial charge in [0.1, 0.15) is 21.8 Å². The Morgan fingerprint density at radius 2 is 2.00 bits per heavy atom. The molecule has 0 N–H and O–H groups in total. The normalized spacial score (nSPS) is 18.5. The highest BCUT2D eigenvalue weighted by atomic mass is 32.2. The molecular weight excluding hydrogens is 380 g/mol. The summed E-state index contributed by atoms with van der Waals surface area (Å²) in [5.41, 5.74) is 1.12. The van der Waals surface area contributed by atoms with Crippen molar-refractivity contribution in [2.75, 3.05) is 24.5 Å². The van der Waals surface area contributed by atoms with Crippen LogP contribution in [0.4, 0.5) is 5.82 Å². The van der Waals surface area contributed by atoms with E-state index in [9.17, 15) is 14.9 Å². The van der Waals surface area contributed by atoms with Crippen LogP contribution < -0.4 is 10.5 Å². The van der Waals surface area contributed by atoms with Crippen molar-refractivity contribution in [2.45, 2.75) is 19.8 Å². The quantitative estimate of drug-likeness (QED) is 0.440. The molecule has 3 heterocycles. The van der Waals surface area contributed by atoms with Gasteiger partial charge in [-0.15, -0.1) is 6.58 Å². The Morgan fingerprint density at radius 1 is 1.33 bits per heavy atom. The van der Waals surface area contributed by atoms with Crippen LogP contribution in [-0.2, 0) is 11.8 Å². The minimum Gasteiger partial charge on any atom is -0.357 e. The topological polar surface area (TPSA) is 69.3 Å². The molecule has 0 unspecified atom stereocenters. The number of hydrogen-bond donors (Lipinski definition) is 0. The number of pyridine rings is 1. The molecule has 140 valence electrons. The van der Waals surface area contributed by atoms with Gasteiger partial charge in [-0.2, -0.15) is 5.26 Å². The molecule has 0 bridgehead atoms. The van der Waals surface area contributed by atoms with Crippen molar-refractivity contribution in [1.29, 1.82) is 5.26 Å². The lowest BCUT2D eigenvalue weighted by atomic mass is 10.0. The summed E-state index contributed by atoms with van der Waals surface area (Å²) in [6.07, 6.45) is 5.50. The van der Waals surface area contributed by atoms with Crippen LogP contribution in [0.1, 0.15) is 29.5 Å². The van der Waals surface area contributed by atoms with Crippen molar-refractivity contribution in [3.63, 3.8) is 0 Å². The number of nitriles is 1. The second-order valence-corrected chi connectivity index (χ2v) is 8.16. The molecule has 0 aromatic carbocycles. The van der Waals surface area contributed by atoms with Crippen LogP contribution in [0.5, 0.6) is 0 Å². The lowest BCUT2D eigenvalue weighted by Gasteiger charge is -2.25. The van der Waals surface area contributed by atoms with Gasteiger partial charge >= 0.3 is 0 Å². The summed E-state index contributed by atoms with van der Waals surface area (Å²) in [6, 6.07) is 2.01. The van der Waals surface area contributed by atoms with Crippen molar-refractivity contribution in [2.24, 2.45) is 7.05 Å². The number of thiocarbonyl (C=S) groups is 1. The Hall–Kier alpha value is -2.37. The minimum atomic E-state index is -0.312. The zero-order valence-corrected chi connectivity index (χ0v) is 17.0. The molecule has 1 aromatic rings. The van der Waals surface area contributed by atoms with Gasteiger partial charge in [0.15, 0.2) is 0 Å². The first kappa shape index (κ1) is 19.4. The van der Waals surface area contributed by atoms with Gasteiger partial charge in [-0.1, -0.05) is 30.1 Å². The van der Waals surface area contributed by atoms with Gasteiger partial charge in [-0.05, 0) is 31.4 Å². The van der Waals surface area contributed by atoms with Crippen molar-refractivity contribution in [1.82, 2.24) is 9.47 Å². The van der Waals surface area contributed by atoms with Crippen LogP contribution >= 0.6 is 24.0 Å². The number of rotatable bonds is 4. The molecule has 2 aliphatic rings. The molecule has 0 aliphatic carbocycles. The molecule has 1 aromatic heterocycles. The number of aromatic nitrogens is 1. The number of anilines is 1. The van der Waals surface area contributed by atoms with Crippen LogP contribution in [0.25, 0.3) is 6.08 Å². The molecule has 1 amide bonds. The summed E-state index contributed by atoms with van der Waals surface area (Å²) in [4.78, 5) is 29.5. The van der Waals surface area contributed by atoms with Gasteiger partial charge in [-0.3, -0.25) is 19.1 Å². The van der Waals surface area contributed by atoms with E-state index < -0.39 is 0 Å². The lowest BCUT2D eigenvalue weighted by Crippen LogP contribution is -2.31. The molecule has 6 nitrogen and oxygen atoms in total. The predicted octanol–water partition coefficient (Wildman–Crippen LogP) is 2.55. The van der Waals surface area contributed by atoms with E-state index in [0.717, 1.165) is 37.3 Å². The molecular formula is C19H20N4O2S2. The first-order valence-electron chi connectivity index (χ1n) is 8.65. The summed E-state index contributed by atoms with van der Waals surface area (Å²) in [7, 11) is 1.68. The molecule has 0 spiro atoms. The van der Waals surface area contributed by atoms with Gasteiger partial charge in [-0.25, -0.2) is 0 Å². The Kier molecular flexibility index (Phi) is 5.53. The zero-order valence-electron chi connectivity index (χ0n) is 15.3. The van der Waals surface area contributed by atoms with Crippen molar-refractivity contribution < 1.29 is 4.79 Å². The van der Waals surface area contributed by atoms with E-state index in [-0.39, 0.29) is 17.0 Å².